The highest BCUT2D eigenvalue weighted by molar-refractivity contribution is 4.96. The molecule has 0 aromatic heterocycles. The SMILES string of the molecule is CCNC[C@H]1O[C@@H](CNC)[C@H](OC)[C@@H](OC)[C@@H]1OC. The van der Waals surface area contributed by atoms with Crippen LogP contribution in [0.25, 0.3) is 0 Å². The molecule has 19 heavy (non-hydrogen) atoms. The van der Waals surface area contributed by atoms with E-state index in [0.29, 0.717) is 0 Å². The van der Waals surface area contributed by atoms with Gasteiger partial charge in [0.25, 0.3) is 0 Å². The summed E-state index contributed by atoms with van der Waals surface area (Å²) in [5.41, 5.74) is 0. The molecule has 0 bridgehead atoms. The molecule has 0 spiro atoms. The zero-order valence-corrected chi connectivity index (χ0v) is 12.6. The first-order valence-corrected chi connectivity index (χ1v) is 6.82. The van der Waals surface area contributed by atoms with Crippen molar-refractivity contribution < 1.29 is 18.9 Å². The molecule has 0 aromatic rings. The lowest BCUT2D eigenvalue weighted by molar-refractivity contribution is -0.239. The summed E-state index contributed by atoms with van der Waals surface area (Å²) < 4.78 is 22.8. The molecule has 0 amide bonds. The second kappa shape index (κ2) is 8.84. The fraction of sp³-hybridized carbons (Fsp3) is 1.00. The van der Waals surface area contributed by atoms with Gasteiger partial charge in [-0.15, -0.1) is 0 Å². The van der Waals surface area contributed by atoms with Crippen LogP contribution >= 0.6 is 0 Å². The van der Waals surface area contributed by atoms with Crippen LogP contribution in [0.4, 0.5) is 0 Å². The molecule has 1 aliphatic heterocycles. The van der Waals surface area contributed by atoms with E-state index in [4.69, 9.17) is 18.9 Å². The van der Waals surface area contributed by atoms with Gasteiger partial charge in [-0.3, -0.25) is 0 Å². The van der Waals surface area contributed by atoms with Crippen LogP contribution in [0.2, 0.25) is 0 Å². The van der Waals surface area contributed by atoms with Crippen LogP contribution in [0.1, 0.15) is 6.92 Å². The molecule has 1 saturated heterocycles. The Balaban J connectivity index is 2.82. The Morgan fingerprint density at radius 2 is 1.42 bits per heavy atom. The average molecular weight is 276 g/mol. The number of hydrogen-bond acceptors (Lipinski definition) is 6. The Bertz CT molecular complexity index is 243. The number of ether oxygens (including phenoxy) is 4. The van der Waals surface area contributed by atoms with Gasteiger partial charge in [-0.2, -0.15) is 0 Å². The Hall–Kier alpha value is -0.240. The second-order valence-corrected chi connectivity index (χ2v) is 4.68. The standard InChI is InChI=1S/C13H28N2O4/c1-6-15-8-10-12(17-4)13(18-5)11(16-3)9(19-10)7-14-2/h9-15H,6-8H2,1-5H3/t9-,10+,11-,12+,13+/m0/s1. The van der Waals surface area contributed by atoms with Crippen molar-refractivity contribution in [1.82, 2.24) is 10.6 Å². The molecule has 0 aromatic carbocycles. The maximum atomic E-state index is 6.11. The van der Waals surface area contributed by atoms with E-state index in [9.17, 15) is 0 Å². The fourth-order valence-corrected chi connectivity index (χ4v) is 2.65. The van der Waals surface area contributed by atoms with E-state index in [1.54, 1.807) is 21.3 Å². The van der Waals surface area contributed by atoms with Crippen LogP contribution in [-0.4, -0.2) is 78.5 Å². The maximum Gasteiger partial charge on any atom is 0.115 e. The third-order valence-electron chi connectivity index (χ3n) is 3.55. The molecule has 0 aliphatic carbocycles. The number of likely N-dealkylation sites (N-methyl/N-ethyl adjacent to an activating group) is 2. The molecule has 114 valence electrons. The third kappa shape index (κ3) is 4.11. The monoisotopic (exact) mass is 276 g/mol. The smallest absolute Gasteiger partial charge is 0.115 e. The lowest BCUT2D eigenvalue weighted by Gasteiger charge is -2.45. The van der Waals surface area contributed by atoms with Gasteiger partial charge in [-0.1, -0.05) is 6.92 Å². The van der Waals surface area contributed by atoms with Crippen molar-refractivity contribution in [2.45, 2.75) is 37.4 Å². The number of hydrogen-bond donors (Lipinski definition) is 2. The molecule has 0 radical (unpaired) electrons. The molecule has 1 fully saturated rings. The second-order valence-electron chi connectivity index (χ2n) is 4.68. The van der Waals surface area contributed by atoms with Gasteiger partial charge in [0.05, 0.1) is 12.2 Å². The normalized spacial score (nSPS) is 35.5. The first kappa shape index (κ1) is 16.8. The summed E-state index contributed by atoms with van der Waals surface area (Å²) in [6.07, 6.45) is -0.497. The number of rotatable bonds is 8. The van der Waals surface area contributed by atoms with E-state index in [-0.39, 0.29) is 30.5 Å². The summed E-state index contributed by atoms with van der Waals surface area (Å²) in [5.74, 6) is 0. The van der Waals surface area contributed by atoms with Crippen LogP contribution < -0.4 is 10.6 Å². The molecule has 2 N–H and O–H groups in total. The topological polar surface area (TPSA) is 61.0 Å². The summed E-state index contributed by atoms with van der Waals surface area (Å²) in [6, 6.07) is 0. The summed E-state index contributed by atoms with van der Waals surface area (Å²) in [7, 11) is 6.96. The number of nitrogens with one attached hydrogen (secondary N) is 2. The first-order chi connectivity index (χ1) is 9.23. The molecule has 1 aliphatic rings. The lowest BCUT2D eigenvalue weighted by Crippen LogP contribution is -2.63. The predicted molar refractivity (Wildman–Crippen MR) is 73.5 cm³/mol. The predicted octanol–water partition coefficient (Wildman–Crippen LogP) is -0.372. The molecule has 0 unspecified atom stereocenters. The Morgan fingerprint density at radius 1 is 0.895 bits per heavy atom. The van der Waals surface area contributed by atoms with Crippen molar-refractivity contribution in [3.05, 3.63) is 0 Å². The molecular weight excluding hydrogens is 248 g/mol. The van der Waals surface area contributed by atoms with E-state index < -0.39 is 0 Å². The Kier molecular flexibility index (Phi) is 7.82. The maximum absolute atomic E-state index is 6.11. The van der Waals surface area contributed by atoms with Gasteiger partial charge in [-0.25, -0.2) is 0 Å². The van der Waals surface area contributed by atoms with Gasteiger partial charge in [0.1, 0.15) is 18.3 Å². The van der Waals surface area contributed by atoms with Crippen molar-refractivity contribution in [3.63, 3.8) is 0 Å². The summed E-state index contributed by atoms with van der Waals surface area (Å²) in [4.78, 5) is 0. The van der Waals surface area contributed by atoms with Crippen LogP contribution in [-0.2, 0) is 18.9 Å². The van der Waals surface area contributed by atoms with Crippen molar-refractivity contribution in [2.75, 3.05) is 48.0 Å². The highest BCUT2D eigenvalue weighted by Gasteiger charge is 2.46. The molecule has 1 rings (SSSR count). The molecule has 5 atom stereocenters. The van der Waals surface area contributed by atoms with E-state index in [2.05, 4.69) is 17.6 Å². The van der Waals surface area contributed by atoms with Crippen molar-refractivity contribution in [1.29, 1.82) is 0 Å². The zero-order valence-electron chi connectivity index (χ0n) is 12.6. The zero-order chi connectivity index (χ0) is 14.3. The number of methoxy groups -OCH3 is 3. The minimum atomic E-state index is -0.139. The van der Waals surface area contributed by atoms with Gasteiger partial charge < -0.3 is 29.6 Å². The van der Waals surface area contributed by atoms with Crippen LogP contribution in [0.15, 0.2) is 0 Å². The van der Waals surface area contributed by atoms with Gasteiger partial charge in [0.15, 0.2) is 0 Å². The fourth-order valence-electron chi connectivity index (χ4n) is 2.65. The molecule has 1 heterocycles. The van der Waals surface area contributed by atoms with E-state index >= 15 is 0 Å². The summed E-state index contributed by atoms with van der Waals surface area (Å²) in [6.45, 7) is 4.43. The molecule has 6 nitrogen and oxygen atoms in total. The van der Waals surface area contributed by atoms with Crippen LogP contribution in [0.3, 0.4) is 0 Å². The molecule has 0 saturated carbocycles. The summed E-state index contributed by atoms with van der Waals surface area (Å²) >= 11 is 0. The highest BCUT2D eigenvalue weighted by atomic mass is 16.6. The minimum Gasteiger partial charge on any atom is -0.376 e. The average Bonchev–Trinajstić information content (AvgIpc) is 2.44. The van der Waals surface area contributed by atoms with Crippen molar-refractivity contribution >= 4 is 0 Å². The van der Waals surface area contributed by atoms with Gasteiger partial charge in [-0.05, 0) is 13.6 Å². The third-order valence-corrected chi connectivity index (χ3v) is 3.55. The first-order valence-electron chi connectivity index (χ1n) is 6.82. The van der Waals surface area contributed by atoms with Crippen molar-refractivity contribution in [3.8, 4) is 0 Å². The lowest BCUT2D eigenvalue weighted by atomic mass is 9.94. The van der Waals surface area contributed by atoms with Crippen LogP contribution in [0.5, 0.6) is 0 Å². The van der Waals surface area contributed by atoms with Gasteiger partial charge in [0.2, 0.25) is 0 Å². The van der Waals surface area contributed by atoms with E-state index in [1.165, 1.54) is 0 Å². The van der Waals surface area contributed by atoms with Crippen LogP contribution in [0, 0.1) is 0 Å². The van der Waals surface area contributed by atoms with Gasteiger partial charge >= 0.3 is 0 Å². The minimum absolute atomic E-state index is 0.0420. The molecular formula is C13H28N2O4. The Morgan fingerprint density at radius 3 is 1.84 bits per heavy atom. The Labute approximate surface area is 116 Å². The highest BCUT2D eigenvalue weighted by Crippen LogP contribution is 2.26. The van der Waals surface area contributed by atoms with Gasteiger partial charge in [0, 0.05) is 34.4 Å². The van der Waals surface area contributed by atoms with E-state index in [0.717, 1.165) is 19.6 Å². The van der Waals surface area contributed by atoms with E-state index in [1.807, 2.05) is 7.05 Å². The molecule has 6 heteroatoms. The quantitative estimate of drug-likeness (QED) is 0.631. The largest absolute Gasteiger partial charge is 0.376 e. The van der Waals surface area contributed by atoms with Crippen molar-refractivity contribution in [2.24, 2.45) is 0 Å². The summed E-state index contributed by atoms with van der Waals surface area (Å²) in [5, 5.41) is 6.43.